The minimum atomic E-state index is 0. The van der Waals surface area contributed by atoms with E-state index >= 15 is 0 Å². The van der Waals surface area contributed by atoms with E-state index in [2.05, 4.69) is 9.98 Å². The van der Waals surface area contributed by atoms with E-state index < -0.39 is 0 Å². The number of para-hydroxylation sites is 1. The van der Waals surface area contributed by atoms with Gasteiger partial charge in [0, 0.05) is 39.0 Å². The Balaban J connectivity index is -0.0000000870. The zero-order valence-corrected chi connectivity index (χ0v) is 21.0. The van der Waals surface area contributed by atoms with Crippen molar-refractivity contribution in [3.05, 3.63) is 41.4 Å². The summed E-state index contributed by atoms with van der Waals surface area (Å²) in [5.41, 5.74) is 0.676. The van der Waals surface area contributed by atoms with Gasteiger partial charge in [0.1, 0.15) is 12.4 Å². The van der Waals surface area contributed by atoms with Gasteiger partial charge in [-0.15, -0.1) is 6.01 Å². The minimum absolute atomic E-state index is 0. The molecule has 22 heavy (non-hydrogen) atoms. The van der Waals surface area contributed by atoms with Crippen molar-refractivity contribution in [3.63, 3.8) is 0 Å². The van der Waals surface area contributed by atoms with Gasteiger partial charge in [-0.25, -0.2) is 4.99 Å². The number of hydrogen-bond acceptors (Lipinski definition) is 5. The molecular formula is C11H13N5O3Zn3. The Labute approximate surface area is 166 Å². The molecule has 11 heteroatoms. The summed E-state index contributed by atoms with van der Waals surface area (Å²) < 4.78 is 5.21. The summed E-state index contributed by atoms with van der Waals surface area (Å²) in [5.74, 6) is 0.770. The molecule has 1 aliphatic rings. The predicted octanol–water partition coefficient (Wildman–Crippen LogP) is 1.26. The summed E-state index contributed by atoms with van der Waals surface area (Å²) >= 11 is 0. The molecule has 5 N–H and O–H groups in total. The fourth-order valence-corrected chi connectivity index (χ4v) is 1.17. The second kappa shape index (κ2) is 20.2. The third-order valence-electron chi connectivity index (χ3n) is 1.82. The number of aliphatic imine (C=N–C) groups is 2. The Kier molecular flexibility index (Phi) is 30.2. The Morgan fingerprint density at radius 2 is 1.91 bits per heavy atom. The number of phenols is 1. The number of hydrogen-bond donors (Lipinski definition) is 1. The fourth-order valence-electron chi connectivity index (χ4n) is 1.17. The quantitative estimate of drug-likeness (QED) is 0.380. The van der Waals surface area contributed by atoms with Gasteiger partial charge in [0.25, 0.3) is 0 Å². The zero-order chi connectivity index (χ0) is 12.5. The fraction of sp³-hybridized carbons (Fsp3) is 0.182. The molecule has 0 bridgehead atoms. The van der Waals surface area contributed by atoms with Crippen molar-refractivity contribution in [3.8, 4) is 11.9 Å². The van der Waals surface area contributed by atoms with Crippen LogP contribution in [0.5, 0.6) is 5.75 Å². The second-order valence-electron chi connectivity index (χ2n) is 2.86. The van der Waals surface area contributed by atoms with E-state index in [4.69, 9.17) is 15.4 Å². The smallest absolute Gasteiger partial charge is 0.693 e. The molecule has 0 fully saturated rings. The van der Waals surface area contributed by atoms with E-state index in [9.17, 15) is 5.11 Å². The van der Waals surface area contributed by atoms with Crippen LogP contribution in [0.2, 0.25) is 0 Å². The first-order chi connectivity index (χ1) is 8.29. The number of nitrogens with zero attached hydrogens (tertiary/aromatic N) is 4. The molecule has 0 spiro atoms. The molecule has 0 unspecified atom stereocenters. The SMILES string of the molecule is N#CN=C=[N-].O.Oc1ccccc1C1=NCCO1.[NH2-].[Zn+2].[Zn].[Zn]. The number of phenolic OH excluding ortho intramolecular Hbond substituents is 1. The molecule has 0 atom stereocenters. The summed E-state index contributed by atoms with van der Waals surface area (Å²) in [6.07, 6.45) is 1.28. The maximum Gasteiger partial charge on any atom is 2.00 e. The molecule has 1 aromatic rings. The molecule has 2 rings (SSSR count). The average molecular weight is 459 g/mol. The monoisotopic (exact) mass is 455 g/mol. The van der Waals surface area contributed by atoms with Crippen molar-refractivity contribution in [2.45, 2.75) is 0 Å². The van der Waals surface area contributed by atoms with E-state index in [0.717, 1.165) is 0 Å². The third-order valence-corrected chi connectivity index (χ3v) is 1.82. The summed E-state index contributed by atoms with van der Waals surface area (Å²) in [5, 5.41) is 24.3. The molecule has 106 valence electrons. The minimum Gasteiger partial charge on any atom is -0.693 e. The van der Waals surface area contributed by atoms with Gasteiger partial charge in [0.05, 0.1) is 18.3 Å². The largest absolute Gasteiger partial charge is 2.00 e. The van der Waals surface area contributed by atoms with Crippen molar-refractivity contribution < 1.29 is 73.8 Å². The van der Waals surface area contributed by atoms with Crippen molar-refractivity contribution in [1.82, 2.24) is 0 Å². The molecule has 0 saturated heterocycles. The van der Waals surface area contributed by atoms with E-state index in [1.165, 1.54) is 12.2 Å². The summed E-state index contributed by atoms with van der Waals surface area (Å²) in [4.78, 5) is 6.68. The van der Waals surface area contributed by atoms with E-state index in [-0.39, 0.29) is 75.8 Å². The van der Waals surface area contributed by atoms with Gasteiger partial charge in [0.15, 0.2) is 0 Å². The predicted molar refractivity (Wildman–Crippen MR) is 70.8 cm³/mol. The van der Waals surface area contributed by atoms with Crippen molar-refractivity contribution in [2.75, 3.05) is 13.2 Å². The summed E-state index contributed by atoms with van der Waals surface area (Å²) in [6, 6.07) is 8.32. The average Bonchev–Trinajstić information content (AvgIpc) is 2.85. The molecule has 0 radical (unpaired) electrons. The topological polar surface area (TPSA) is 165 Å². The number of nitriles is 1. The van der Waals surface area contributed by atoms with Crippen LogP contribution in [-0.2, 0) is 63.2 Å². The van der Waals surface area contributed by atoms with Crippen molar-refractivity contribution in [2.24, 2.45) is 9.98 Å². The maximum absolute atomic E-state index is 9.41. The van der Waals surface area contributed by atoms with Gasteiger partial charge in [-0.05, 0) is 12.1 Å². The zero-order valence-electron chi connectivity index (χ0n) is 12.1. The van der Waals surface area contributed by atoms with Crippen LogP contribution in [0.25, 0.3) is 11.6 Å². The van der Waals surface area contributed by atoms with Crippen molar-refractivity contribution in [1.29, 1.82) is 5.26 Å². The summed E-state index contributed by atoms with van der Waals surface area (Å²) in [7, 11) is 0. The number of benzene rings is 1. The van der Waals surface area contributed by atoms with Crippen LogP contribution in [0.1, 0.15) is 5.56 Å². The standard InChI is InChI=1S/C9H9NO2.C2N3.H2N.H2O.3Zn/c11-8-4-2-1-3-7(8)9-10-5-6-12-9;3-1-5-2-4;;;;;/h1-4,11H,5-6H2;;2*1H2;;;/q;2*-1;;;;+2. The molecule has 0 aliphatic carbocycles. The molecular weight excluding hydrogens is 446 g/mol. The van der Waals surface area contributed by atoms with E-state index in [1.807, 2.05) is 6.07 Å². The van der Waals surface area contributed by atoms with Crippen LogP contribution in [-0.4, -0.2) is 35.6 Å². The Morgan fingerprint density at radius 1 is 1.32 bits per heavy atom. The summed E-state index contributed by atoms with van der Waals surface area (Å²) in [6.45, 7) is 1.30. The molecule has 1 heterocycles. The van der Waals surface area contributed by atoms with Crippen LogP contribution in [0.3, 0.4) is 0 Å². The molecule has 0 saturated carbocycles. The van der Waals surface area contributed by atoms with Gasteiger partial charge < -0.3 is 31.9 Å². The third kappa shape index (κ3) is 11.8. The number of aromatic hydroxyl groups is 1. The molecule has 1 aliphatic heterocycles. The second-order valence-corrected chi connectivity index (χ2v) is 2.86. The molecule has 0 amide bonds. The number of nitrogens with two attached hydrogens (primary N) is 1. The number of rotatable bonds is 1. The van der Waals surface area contributed by atoms with Crippen LogP contribution in [0.4, 0.5) is 0 Å². The van der Waals surface area contributed by atoms with Gasteiger partial charge >= 0.3 is 19.5 Å². The number of ether oxygens (including phenoxy) is 1. The Morgan fingerprint density at radius 3 is 2.27 bits per heavy atom. The van der Waals surface area contributed by atoms with Crippen LogP contribution in [0, 0.1) is 11.5 Å². The van der Waals surface area contributed by atoms with Crippen molar-refractivity contribution >= 4 is 11.9 Å². The molecule has 8 nitrogen and oxygen atoms in total. The maximum atomic E-state index is 9.41. The van der Waals surface area contributed by atoms with Gasteiger partial charge in [-0.1, -0.05) is 12.1 Å². The first kappa shape index (κ1) is 32.9. The van der Waals surface area contributed by atoms with Crippen LogP contribution < -0.4 is 0 Å². The first-order valence-corrected chi connectivity index (χ1v) is 4.73. The normalized spacial score (nSPS) is 9.32. The van der Waals surface area contributed by atoms with Crippen LogP contribution >= 0.6 is 0 Å². The van der Waals surface area contributed by atoms with Gasteiger partial charge in [-0.2, -0.15) is 5.26 Å². The van der Waals surface area contributed by atoms with Gasteiger partial charge in [0.2, 0.25) is 5.90 Å². The molecule has 0 aromatic heterocycles. The van der Waals surface area contributed by atoms with Crippen LogP contribution in [0.15, 0.2) is 34.3 Å². The van der Waals surface area contributed by atoms with E-state index in [1.54, 1.807) is 18.2 Å². The van der Waals surface area contributed by atoms with Gasteiger partial charge in [-0.3, -0.25) is 0 Å². The first-order valence-electron chi connectivity index (χ1n) is 4.73. The Bertz CT molecular complexity index is 516. The van der Waals surface area contributed by atoms with E-state index in [0.29, 0.717) is 24.6 Å². The molecule has 1 aromatic carbocycles. The Hall–Kier alpha value is -0.850.